The lowest BCUT2D eigenvalue weighted by Crippen LogP contribution is -2.42. The molecule has 0 atom stereocenters. The molecule has 0 aliphatic carbocycles. The van der Waals surface area contributed by atoms with E-state index in [4.69, 9.17) is 0 Å². The van der Waals surface area contributed by atoms with Gasteiger partial charge < -0.3 is 0 Å². The molecule has 6 heteroatoms. The van der Waals surface area contributed by atoms with Gasteiger partial charge in [0.05, 0.1) is 21.5 Å². The zero-order chi connectivity index (χ0) is 20.3. The maximum Gasteiger partial charge on any atom is 0.262 e. The van der Waals surface area contributed by atoms with Crippen LogP contribution >= 0.6 is 0 Å². The first-order valence-corrected chi connectivity index (χ1v) is 9.49. The standard InChI is InChI=1S/C21H26N2O4/c1-7-20(4,5)22-16(24)12-10-14-15(11-13(12)17(22)25)19(27)23(18(14)26)21(6,8-2)9-3/h10-11H,7-9H2,1-6H3. The predicted octanol–water partition coefficient (Wildman–Crippen LogP) is 2.59. The number of rotatable bonds is 5. The molecule has 27 heavy (non-hydrogen) atoms. The number of nitrogens with zero attached hydrogens (tertiary/aromatic N) is 2. The van der Waals surface area contributed by atoms with Gasteiger partial charge in [-0.15, -0.1) is 0 Å². The van der Waals surface area contributed by atoms with Crippen molar-refractivity contribution >= 4 is 21.5 Å². The highest BCUT2D eigenvalue weighted by molar-refractivity contribution is 5.97. The Morgan fingerprint density at radius 3 is 1.26 bits per heavy atom. The van der Waals surface area contributed by atoms with Crippen molar-refractivity contribution in [1.82, 2.24) is 9.13 Å². The summed E-state index contributed by atoms with van der Waals surface area (Å²) >= 11 is 0. The summed E-state index contributed by atoms with van der Waals surface area (Å²) < 4.78 is 2.53. The van der Waals surface area contributed by atoms with Gasteiger partial charge in [0.15, 0.2) is 0 Å². The van der Waals surface area contributed by atoms with Crippen LogP contribution in [0.25, 0.3) is 21.5 Å². The SMILES string of the molecule is CCC(C)(C)n1c(=O)c2cc3c(=O)n(C(C)(CC)CC)c(=O)c3cc2c1=O. The van der Waals surface area contributed by atoms with Crippen LogP contribution in [0.1, 0.15) is 60.8 Å². The lowest BCUT2D eigenvalue weighted by Gasteiger charge is -2.27. The van der Waals surface area contributed by atoms with E-state index in [0.717, 1.165) is 0 Å². The van der Waals surface area contributed by atoms with Crippen molar-refractivity contribution < 1.29 is 0 Å². The first-order chi connectivity index (χ1) is 12.5. The third-order valence-electron chi connectivity index (χ3n) is 6.43. The van der Waals surface area contributed by atoms with Crippen LogP contribution in [0.4, 0.5) is 0 Å². The van der Waals surface area contributed by atoms with Crippen molar-refractivity contribution in [1.29, 1.82) is 0 Å². The van der Waals surface area contributed by atoms with E-state index in [9.17, 15) is 19.2 Å². The highest BCUT2D eigenvalue weighted by Crippen LogP contribution is 2.24. The smallest absolute Gasteiger partial charge is 0.262 e. The summed E-state index contributed by atoms with van der Waals surface area (Å²) in [7, 11) is 0. The summed E-state index contributed by atoms with van der Waals surface area (Å²) in [4.78, 5) is 51.8. The highest BCUT2D eigenvalue weighted by Gasteiger charge is 2.30. The predicted molar refractivity (Wildman–Crippen MR) is 109 cm³/mol. The molecule has 3 rings (SSSR count). The third kappa shape index (κ3) is 2.46. The third-order valence-corrected chi connectivity index (χ3v) is 6.43. The lowest BCUT2D eigenvalue weighted by atomic mass is 9.95. The molecule has 0 N–H and O–H groups in total. The fourth-order valence-electron chi connectivity index (χ4n) is 3.74. The molecular weight excluding hydrogens is 344 g/mol. The van der Waals surface area contributed by atoms with E-state index in [1.807, 2.05) is 41.5 Å². The maximum absolute atomic E-state index is 13.0. The first kappa shape index (κ1) is 19.3. The molecule has 6 nitrogen and oxygen atoms in total. The molecule has 0 fully saturated rings. The molecule has 0 saturated heterocycles. The molecule has 0 spiro atoms. The number of aromatic nitrogens is 2. The van der Waals surface area contributed by atoms with Crippen LogP contribution < -0.4 is 22.2 Å². The van der Waals surface area contributed by atoms with Crippen molar-refractivity contribution in [3.8, 4) is 0 Å². The van der Waals surface area contributed by atoms with Gasteiger partial charge in [-0.3, -0.25) is 28.3 Å². The van der Waals surface area contributed by atoms with Gasteiger partial charge in [-0.2, -0.15) is 0 Å². The van der Waals surface area contributed by atoms with Gasteiger partial charge >= 0.3 is 0 Å². The second-order valence-corrected chi connectivity index (χ2v) is 8.20. The molecule has 2 aromatic heterocycles. The van der Waals surface area contributed by atoms with E-state index >= 15 is 0 Å². The molecule has 0 amide bonds. The van der Waals surface area contributed by atoms with Crippen molar-refractivity contribution in [2.75, 3.05) is 0 Å². The highest BCUT2D eigenvalue weighted by atomic mass is 16.2. The zero-order valence-corrected chi connectivity index (χ0v) is 16.8. The van der Waals surface area contributed by atoms with Gasteiger partial charge in [-0.05, 0) is 52.2 Å². The largest absolute Gasteiger partial charge is 0.269 e. The zero-order valence-electron chi connectivity index (χ0n) is 16.8. The average Bonchev–Trinajstić information content (AvgIpc) is 3.05. The Morgan fingerprint density at radius 1 is 0.630 bits per heavy atom. The van der Waals surface area contributed by atoms with Crippen LogP contribution in [0, 0.1) is 0 Å². The number of fused-ring (bicyclic) bond motifs is 2. The molecule has 3 aromatic rings. The fraction of sp³-hybridized carbons (Fsp3) is 0.524. The summed E-state index contributed by atoms with van der Waals surface area (Å²) in [5.74, 6) is 0. The maximum atomic E-state index is 13.0. The van der Waals surface area contributed by atoms with Crippen LogP contribution in [0.15, 0.2) is 31.3 Å². The second-order valence-electron chi connectivity index (χ2n) is 8.20. The van der Waals surface area contributed by atoms with Gasteiger partial charge in [-0.1, -0.05) is 20.8 Å². The van der Waals surface area contributed by atoms with Gasteiger partial charge in [0.2, 0.25) is 0 Å². The van der Waals surface area contributed by atoms with E-state index in [1.54, 1.807) is 0 Å². The van der Waals surface area contributed by atoms with Crippen LogP contribution in [0.2, 0.25) is 0 Å². The molecule has 2 heterocycles. The monoisotopic (exact) mass is 370 g/mol. The van der Waals surface area contributed by atoms with Crippen LogP contribution in [0.5, 0.6) is 0 Å². The van der Waals surface area contributed by atoms with Crippen molar-refractivity contribution in [2.45, 2.75) is 71.9 Å². The van der Waals surface area contributed by atoms with Crippen molar-refractivity contribution in [3.63, 3.8) is 0 Å². The van der Waals surface area contributed by atoms with Gasteiger partial charge in [0, 0.05) is 11.1 Å². The summed E-state index contributed by atoms with van der Waals surface area (Å²) in [6.45, 7) is 11.3. The quantitative estimate of drug-likeness (QED) is 0.692. The van der Waals surface area contributed by atoms with Gasteiger partial charge in [-0.25, -0.2) is 0 Å². The topological polar surface area (TPSA) is 78.1 Å². The minimum absolute atomic E-state index is 0.206. The minimum Gasteiger partial charge on any atom is -0.269 e. The number of hydrogen-bond acceptors (Lipinski definition) is 4. The average molecular weight is 370 g/mol. The molecule has 0 aliphatic rings. The Balaban J connectivity index is 2.49. The Hall–Kier alpha value is -2.50. The lowest BCUT2D eigenvalue weighted by molar-refractivity contribution is 0.282. The second kappa shape index (κ2) is 6.01. The normalized spacial score (nSPS) is 13.1. The van der Waals surface area contributed by atoms with E-state index in [1.165, 1.54) is 21.3 Å². The van der Waals surface area contributed by atoms with Crippen LogP contribution in [-0.4, -0.2) is 9.13 Å². The molecular formula is C21H26N2O4. The Kier molecular flexibility index (Phi) is 4.29. The molecule has 0 bridgehead atoms. The molecule has 0 unspecified atom stereocenters. The molecule has 0 saturated carbocycles. The molecule has 0 radical (unpaired) electrons. The van der Waals surface area contributed by atoms with Crippen LogP contribution in [-0.2, 0) is 11.1 Å². The van der Waals surface area contributed by atoms with Crippen LogP contribution in [0.3, 0.4) is 0 Å². The first-order valence-electron chi connectivity index (χ1n) is 9.49. The number of benzene rings is 1. The van der Waals surface area contributed by atoms with E-state index < -0.39 is 33.3 Å². The molecule has 0 aliphatic heterocycles. The summed E-state index contributed by atoms with van der Waals surface area (Å²) in [5.41, 5.74) is -2.83. The molecule has 1 aromatic carbocycles. The molecule has 144 valence electrons. The van der Waals surface area contributed by atoms with Gasteiger partial charge in [0.25, 0.3) is 22.2 Å². The minimum atomic E-state index is -0.638. The number of hydrogen-bond donors (Lipinski definition) is 0. The summed E-state index contributed by atoms with van der Waals surface area (Å²) in [6, 6.07) is 2.87. The summed E-state index contributed by atoms with van der Waals surface area (Å²) in [6.07, 6.45) is 1.87. The Labute approximate surface area is 156 Å². The van der Waals surface area contributed by atoms with E-state index in [-0.39, 0.29) is 21.5 Å². The van der Waals surface area contributed by atoms with E-state index in [2.05, 4.69) is 0 Å². The Bertz CT molecular complexity index is 1170. The fourth-order valence-corrected chi connectivity index (χ4v) is 3.74. The van der Waals surface area contributed by atoms with Crippen molar-refractivity contribution in [2.24, 2.45) is 0 Å². The van der Waals surface area contributed by atoms with Crippen molar-refractivity contribution in [3.05, 3.63) is 53.5 Å². The van der Waals surface area contributed by atoms with E-state index in [0.29, 0.717) is 19.3 Å². The summed E-state index contributed by atoms with van der Waals surface area (Å²) in [5, 5.41) is 0.837. The Morgan fingerprint density at radius 2 is 0.963 bits per heavy atom. The van der Waals surface area contributed by atoms with Gasteiger partial charge in [0.1, 0.15) is 0 Å².